The van der Waals surface area contributed by atoms with Crippen LogP contribution in [0.2, 0.25) is 0 Å². The first-order chi connectivity index (χ1) is 8.03. The molecule has 0 aliphatic carbocycles. The lowest BCUT2D eigenvalue weighted by Crippen LogP contribution is -2.48. The first-order valence-corrected chi connectivity index (χ1v) is 4.74. The Morgan fingerprint density at radius 3 is 2.35 bits per heavy atom. The molecular weight excluding hydrogens is 243 g/mol. The first kappa shape index (κ1) is 13.8. The average molecular weight is 258 g/mol. The minimum absolute atomic E-state index is 0.663. The molecule has 0 saturated heterocycles. The van der Waals surface area contributed by atoms with Crippen LogP contribution in [0.25, 0.3) is 0 Å². The predicted octanol–water partition coefficient (Wildman–Crippen LogP) is 0.367. The molecule has 1 atom stereocenters. The Kier molecular flexibility index (Phi) is 5.20. The maximum Gasteiger partial charge on any atom is 0.471 e. The highest BCUT2D eigenvalue weighted by molar-refractivity contribution is 5.87. The molecule has 5 nitrogen and oxygen atoms in total. The number of rotatable bonds is 5. The summed E-state index contributed by atoms with van der Waals surface area (Å²) in [7, 11) is 0. The molecule has 0 rings (SSSR count). The summed E-state index contributed by atoms with van der Waals surface area (Å²) >= 11 is 0. The maximum absolute atomic E-state index is 12.0. The Hall–Kier alpha value is -1.31. The van der Waals surface area contributed by atoms with E-state index in [-0.39, 0.29) is 0 Å². The molecule has 0 aliphatic rings. The molecule has 17 heavy (non-hydrogen) atoms. The van der Waals surface area contributed by atoms with Gasteiger partial charge in [-0.1, -0.05) is 0 Å². The monoisotopic (exact) mass is 258 g/mol. The van der Waals surface area contributed by atoms with E-state index in [0.717, 1.165) is 0 Å². The van der Waals surface area contributed by atoms with Crippen molar-refractivity contribution in [3.8, 4) is 0 Å². The maximum atomic E-state index is 12.0. The third kappa shape index (κ3) is 6.10. The van der Waals surface area contributed by atoms with E-state index in [1.165, 1.54) is 19.2 Å². The number of aliphatic hydroxyl groups is 1. The van der Waals surface area contributed by atoms with Crippen LogP contribution in [0.1, 0.15) is 21.6 Å². The Labute approximate surface area is 97.3 Å². The zero-order chi connectivity index (χ0) is 14.6. The lowest BCUT2D eigenvalue weighted by Gasteiger charge is -2.18. The van der Waals surface area contributed by atoms with E-state index >= 15 is 0 Å². The van der Waals surface area contributed by atoms with Gasteiger partial charge in [-0.25, -0.2) is 4.79 Å². The normalized spacial score (nSPS) is 16.1. The molecule has 0 bridgehead atoms. The van der Waals surface area contributed by atoms with Gasteiger partial charge in [0.15, 0.2) is 0 Å². The summed E-state index contributed by atoms with van der Waals surface area (Å²) in [6, 6.07) is -2.66. The minimum Gasteiger partial charge on any atom is -0.461 e. The molecule has 0 radical (unpaired) electrons. The van der Waals surface area contributed by atoms with Gasteiger partial charge in [0.05, 0.1) is 7.47 Å². The third-order valence-corrected chi connectivity index (χ3v) is 1.47. The fourth-order valence-electron chi connectivity index (χ4n) is 0.821. The summed E-state index contributed by atoms with van der Waals surface area (Å²) in [6.45, 7) is 2.11. The number of halogens is 3. The predicted molar refractivity (Wildman–Crippen MR) is 50.9 cm³/mol. The topological polar surface area (TPSA) is 75.6 Å². The fraction of sp³-hybridized carbons (Fsp3) is 0.778. The van der Waals surface area contributed by atoms with Gasteiger partial charge in [-0.2, -0.15) is 13.2 Å². The van der Waals surface area contributed by atoms with Crippen molar-refractivity contribution in [2.45, 2.75) is 38.6 Å². The number of esters is 1. The summed E-state index contributed by atoms with van der Waals surface area (Å²) in [5, 5.41) is 9.85. The van der Waals surface area contributed by atoms with Crippen LogP contribution in [0.15, 0.2) is 0 Å². The van der Waals surface area contributed by atoms with E-state index in [0.29, 0.717) is 0 Å². The molecule has 100 valence electrons. The molecule has 1 amide bonds. The Bertz CT molecular complexity index is 321. The summed E-state index contributed by atoms with van der Waals surface area (Å²) in [6.07, 6.45) is -6.59. The van der Waals surface area contributed by atoms with Gasteiger partial charge in [-0.3, -0.25) is 4.79 Å². The van der Waals surface area contributed by atoms with Crippen molar-refractivity contribution in [2.24, 2.45) is 0 Å². The zero-order valence-electron chi connectivity index (χ0n) is 10.3. The molecule has 0 spiro atoms. The van der Waals surface area contributed by atoms with Crippen molar-refractivity contribution in [2.75, 3.05) is 6.61 Å². The number of aliphatic hydroxyl groups excluding tert-OH is 1. The van der Waals surface area contributed by atoms with Crippen molar-refractivity contribution in [3.63, 3.8) is 0 Å². The van der Waals surface area contributed by atoms with Gasteiger partial charge in [-0.05, 0) is 13.8 Å². The van der Waals surface area contributed by atoms with Gasteiger partial charge in [0.1, 0.15) is 6.02 Å². The van der Waals surface area contributed by atoms with Crippen LogP contribution in [0.5, 0.6) is 0 Å². The zero-order valence-corrected chi connectivity index (χ0v) is 9.30. The Morgan fingerprint density at radius 1 is 1.47 bits per heavy atom. The van der Waals surface area contributed by atoms with E-state index in [4.69, 9.17) is 6.48 Å². The Balaban J connectivity index is 4.92. The van der Waals surface area contributed by atoms with E-state index in [2.05, 4.69) is 4.74 Å². The molecule has 0 heterocycles. The van der Waals surface area contributed by atoms with Crippen LogP contribution in [-0.2, 0) is 14.3 Å². The van der Waals surface area contributed by atoms with E-state index in [9.17, 15) is 22.8 Å². The van der Waals surface area contributed by atoms with Crippen LogP contribution >= 0.6 is 0 Å². The van der Waals surface area contributed by atoms with Crippen LogP contribution < -0.4 is 5.32 Å². The lowest BCUT2D eigenvalue weighted by atomic mass is 10.2. The van der Waals surface area contributed by atoms with E-state index in [1.807, 2.05) is 0 Å². The average Bonchev–Trinajstić information content (AvgIpc) is 2.15. The minimum atomic E-state index is -5.22. The van der Waals surface area contributed by atoms with Gasteiger partial charge >= 0.3 is 18.1 Å². The number of nitrogens with one attached hydrogen (secondary N) is 1. The van der Waals surface area contributed by atoms with E-state index < -0.39 is 43.2 Å². The van der Waals surface area contributed by atoms with Gasteiger partial charge in [-0.15, -0.1) is 0 Å². The van der Waals surface area contributed by atoms with Gasteiger partial charge in [0.2, 0.25) is 0 Å². The first-order valence-electron chi connectivity index (χ1n) is 5.24. The van der Waals surface area contributed by atoms with Crippen molar-refractivity contribution in [3.05, 3.63) is 0 Å². The molecule has 0 aliphatic heterocycles. The Morgan fingerprint density at radius 2 is 2.00 bits per heavy atom. The molecule has 2 N–H and O–H groups in total. The van der Waals surface area contributed by atoms with E-state index in [1.54, 1.807) is 0 Å². The quantitative estimate of drug-likeness (QED) is 0.698. The van der Waals surface area contributed by atoms with Gasteiger partial charge in [0.25, 0.3) is 0 Å². The van der Waals surface area contributed by atoms with Crippen molar-refractivity contribution >= 4 is 11.9 Å². The number of carbonyl (C=O) groups is 2. The summed E-state index contributed by atoms with van der Waals surface area (Å²) in [5.74, 6) is -3.80. The number of amides is 1. The SMILES string of the molecule is [2H]C(CCO)(NC(=O)C(F)(F)F)C(=O)OC(C)C. The summed E-state index contributed by atoms with van der Waals surface area (Å²) < 4.78 is 48.1. The molecule has 8 heteroatoms. The second-order valence-electron chi connectivity index (χ2n) is 3.36. The van der Waals surface area contributed by atoms with Gasteiger partial charge in [0, 0.05) is 13.0 Å². The molecule has 0 saturated carbocycles. The standard InChI is InChI=1S/C9H14F3NO4/c1-5(2)17-7(15)6(3-4-14)13-8(16)9(10,11)12/h5-6,14H,3-4H2,1-2H3,(H,13,16)/i6D. The highest BCUT2D eigenvalue weighted by Gasteiger charge is 2.41. The van der Waals surface area contributed by atoms with Crippen LogP contribution in [0.3, 0.4) is 0 Å². The number of carbonyl (C=O) groups excluding carboxylic acids is 2. The van der Waals surface area contributed by atoms with Crippen molar-refractivity contribution in [1.29, 1.82) is 0 Å². The number of alkyl halides is 3. The smallest absolute Gasteiger partial charge is 0.461 e. The van der Waals surface area contributed by atoms with Crippen LogP contribution in [0.4, 0.5) is 13.2 Å². The number of ether oxygens (including phenoxy) is 1. The highest BCUT2D eigenvalue weighted by Crippen LogP contribution is 2.15. The lowest BCUT2D eigenvalue weighted by molar-refractivity contribution is -0.176. The second-order valence-corrected chi connectivity index (χ2v) is 3.36. The highest BCUT2D eigenvalue weighted by atomic mass is 19.4. The van der Waals surface area contributed by atoms with Gasteiger partial charge < -0.3 is 15.2 Å². The molecule has 0 aromatic heterocycles. The van der Waals surface area contributed by atoms with Crippen molar-refractivity contribution < 1.29 is 34.0 Å². The summed E-state index contributed by atoms with van der Waals surface area (Å²) in [4.78, 5) is 22.1. The third-order valence-electron chi connectivity index (χ3n) is 1.47. The number of hydrogen-bond donors (Lipinski definition) is 2. The summed E-state index contributed by atoms with van der Waals surface area (Å²) in [5.41, 5.74) is 0. The second kappa shape index (κ2) is 6.43. The fourth-order valence-corrected chi connectivity index (χ4v) is 0.821. The van der Waals surface area contributed by atoms with Crippen LogP contribution in [-0.4, -0.2) is 41.9 Å². The molecule has 0 fully saturated rings. The van der Waals surface area contributed by atoms with Crippen molar-refractivity contribution in [1.82, 2.24) is 5.32 Å². The number of hydrogen-bond acceptors (Lipinski definition) is 4. The largest absolute Gasteiger partial charge is 0.471 e. The molecule has 0 aromatic carbocycles. The molecule has 1 unspecified atom stereocenters. The molecular formula is C9H14F3NO4. The van der Waals surface area contributed by atoms with Crippen LogP contribution in [0, 0.1) is 0 Å². The molecule has 0 aromatic rings.